The number of methoxy groups -OCH3 is 2. The van der Waals surface area contributed by atoms with E-state index >= 15 is 0 Å². The van der Waals surface area contributed by atoms with Crippen LogP contribution in [0, 0.1) is 11.8 Å². The standard InChI is InChI=1S/C49H54N8O8/c1-6-26(2)41(55-49(61)63-5)46(58)57-27(3)12-17-38(57)44-51-22-37(53-44)31-13-15-33-32(19-31)25-64-40-21-34-30(20-35(33)40)14-16-36-42(34)54-45(52-36)39-18-28(24-62-4)23-56(39)47(59)43(65-48(50)60)29-10-8-7-9-11-29/h7-11,13-16,19-22,26-28,38-39,41,43H,6,12,17-18,23-25H2,1-5H3,(H2,50,60)(H,51,53)(H,52,54)(H,55,61)/t26-,27-,28-,38-,39-,41-,43+/m0/s1. The van der Waals surface area contributed by atoms with Crippen LogP contribution < -0.4 is 15.8 Å². The van der Waals surface area contributed by atoms with Gasteiger partial charge in [-0.3, -0.25) is 9.59 Å². The van der Waals surface area contributed by atoms with Gasteiger partial charge in [-0.1, -0.05) is 68.8 Å². The molecule has 0 aliphatic carbocycles. The van der Waals surface area contributed by atoms with Crippen molar-refractivity contribution in [3.8, 4) is 28.1 Å². The molecule has 0 spiro atoms. The molecule has 9 rings (SSSR count). The fraction of sp³-hybridized carbons (Fsp3) is 0.388. The second-order valence-electron chi connectivity index (χ2n) is 17.5. The highest BCUT2D eigenvalue weighted by atomic mass is 16.6. The third-order valence-electron chi connectivity index (χ3n) is 13.4. The molecule has 0 saturated carbocycles. The van der Waals surface area contributed by atoms with Gasteiger partial charge in [0, 0.05) is 42.1 Å². The Kier molecular flexibility index (Phi) is 11.9. The quantitative estimate of drug-likeness (QED) is 0.0936. The van der Waals surface area contributed by atoms with Gasteiger partial charge in [0.1, 0.15) is 30.0 Å². The Morgan fingerprint density at radius 3 is 2.52 bits per heavy atom. The number of H-pyrrole nitrogens is 2. The van der Waals surface area contributed by atoms with Gasteiger partial charge in [-0.2, -0.15) is 0 Å². The molecule has 3 aliphatic heterocycles. The summed E-state index contributed by atoms with van der Waals surface area (Å²) in [6, 6.07) is 21.9. The number of nitrogens with two attached hydrogens (primary N) is 1. The van der Waals surface area contributed by atoms with Gasteiger partial charge >= 0.3 is 12.2 Å². The minimum Gasteiger partial charge on any atom is -0.488 e. The maximum atomic E-state index is 14.3. The van der Waals surface area contributed by atoms with Crippen molar-refractivity contribution in [1.29, 1.82) is 0 Å². The molecule has 0 radical (unpaired) electrons. The zero-order valence-corrected chi connectivity index (χ0v) is 37.1. The number of primary amides is 1. The Morgan fingerprint density at radius 2 is 1.77 bits per heavy atom. The van der Waals surface area contributed by atoms with Crippen molar-refractivity contribution in [2.75, 3.05) is 27.4 Å². The molecule has 2 fully saturated rings. The van der Waals surface area contributed by atoms with Gasteiger partial charge in [-0.05, 0) is 78.4 Å². The Bertz CT molecular complexity index is 2770. The second kappa shape index (κ2) is 17.9. The number of imidazole rings is 2. The van der Waals surface area contributed by atoms with E-state index in [0.29, 0.717) is 49.8 Å². The van der Waals surface area contributed by atoms with Gasteiger partial charge in [0.2, 0.25) is 12.0 Å². The number of carbonyl (C=O) groups excluding carboxylic acids is 4. The number of carbonyl (C=O) groups is 4. The number of hydrogen-bond donors (Lipinski definition) is 4. The number of aromatic nitrogens is 4. The fourth-order valence-corrected chi connectivity index (χ4v) is 9.88. The van der Waals surface area contributed by atoms with E-state index in [1.54, 1.807) is 36.3 Å². The van der Waals surface area contributed by atoms with E-state index < -0.39 is 30.4 Å². The van der Waals surface area contributed by atoms with E-state index in [-0.39, 0.29) is 35.7 Å². The number of nitrogens with zero attached hydrogens (tertiary/aromatic N) is 4. The minimum atomic E-state index is -1.21. The van der Waals surface area contributed by atoms with Gasteiger partial charge in [0.25, 0.3) is 5.91 Å². The summed E-state index contributed by atoms with van der Waals surface area (Å²) in [5.41, 5.74) is 12.4. The lowest BCUT2D eigenvalue weighted by atomic mass is 9.92. The monoisotopic (exact) mass is 882 g/mol. The maximum Gasteiger partial charge on any atom is 0.407 e. The molecule has 6 aromatic rings. The SMILES string of the molecule is CC[C@H](C)[C@H](NC(=O)OC)C(=O)N1[C@@H](C)CC[C@H]1c1ncc(-c2ccc3c(c2)COc2cc4c(ccc5nc([C@@H]6C[C@H](COC)CN6C(=O)[C@H](OC(N)=O)c6ccccc6)[nH]c54)cc2-3)[nH]1. The zero-order valence-electron chi connectivity index (χ0n) is 37.1. The molecule has 5 heterocycles. The average Bonchev–Trinajstić information content (AvgIpc) is 4.15. The summed E-state index contributed by atoms with van der Waals surface area (Å²) in [5.74, 6) is 1.49. The largest absolute Gasteiger partial charge is 0.488 e. The van der Waals surface area contributed by atoms with Crippen LogP contribution in [0.2, 0.25) is 0 Å². The lowest BCUT2D eigenvalue weighted by molar-refractivity contribution is -0.142. The first-order valence-electron chi connectivity index (χ1n) is 22.2. The molecule has 16 nitrogen and oxygen atoms in total. The van der Waals surface area contributed by atoms with Gasteiger partial charge < -0.3 is 49.8 Å². The summed E-state index contributed by atoms with van der Waals surface area (Å²) in [7, 11) is 2.94. The minimum absolute atomic E-state index is 0.0258. The number of fused-ring (bicyclic) bond motifs is 6. The number of hydrogen-bond acceptors (Lipinski definition) is 10. The van der Waals surface area contributed by atoms with Crippen LogP contribution in [0.4, 0.5) is 9.59 Å². The first-order valence-corrected chi connectivity index (χ1v) is 22.2. The van der Waals surface area contributed by atoms with Crippen molar-refractivity contribution >= 4 is 45.8 Å². The second-order valence-corrected chi connectivity index (χ2v) is 17.5. The molecule has 4 amide bonds. The van der Waals surface area contributed by atoms with Crippen molar-refractivity contribution in [3.63, 3.8) is 0 Å². The highest BCUT2D eigenvalue weighted by molar-refractivity contribution is 6.07. The Balaban J connectivity index is 0.979. The number of nitrogens with one attached hydrogen (secondary N) is 3. The first-order chi connectivity index (χ1) is 31.5. The molecule has 65 heavy (non-hydrogen) atoms. The number of amides is 4. The summed E-state index contributed by atoms with van der Waals surface area (Å²) in [6.07, 6.45) is 1.81. The molecule has 338 valence electrons. The third kappa shape index (κ3) is 8.22. The number of benzene rings is 4. The highest BCUT2D eigenvalue weighted by Crippen LogP contribution is 2.44. The first kappa shape index (κ1) is 43.3. The topological polar surface area (TPSA) is 207 Å². The highest BCUT2D eigenvalue weighted by Gasteiger charge is 2.43. The maximum absolute atomic E-state index is 14.3. The lowest BCUT2D eigenvalue weighted by Crippen LogP contribution is -2.53. The van der Waals surface area contributed by atoms with Gasteiger partial charge in [0.05, 0.1) is 48.7 Å². The molecule has 2 aromatic heterocycles. The van der Waals surface area contributed by atoms with Crippen LogP contribution in [0.25, 0.3) is 44.2 Å². The molecule has 7 atom stereocenters. The van der Waals surface area contributed by atoms with E-state index in [1.807, 2.05) is 56.1 Å². The Labute approximate surface area is 376 Å². The molecular formula is C49H54N8O8. The van der Waals surface area contributed by atoms with Crippen molar-refractivity contribution in [2.45, 2.75) is 83.3 Å². The van der Waals surface area contributed by atoms with E-state index in [9.17, 15) is 19.2 Å². The number of likely N-dealkylation sites (tertiary alicyclic amines) is 2. The summed E-state index contributed by atoms with van der Waals surface area (Å²) in [6.45, 7) is 7.18. The summed E-state index contributed by atoms with van der Waals surface area (Å²) >= 11 is 0. The molecule has 0 unspecified atom stereocenters. The van der Waals surface area contributed by atoms with E-state index in [4.69, 9.17) is 34.6 Å². The lowest BCUT2D eigenvalue weighted by Gasteiger charge is -2.33. The van der Waals surface area contributed by atoms with Crippen molar-refractivity contribution in [2.24, 2.45) is 17.6 Å². The number of ether oxygens (including phenoxy) is 4. The van der Waals surface area contributed by atoms with Gasteiger partial charge in [-0.25, -0.2) is 19.6 Å². The van der Waals surface area contributed by atoms with Crippen LogP contribution >= 0.6 is 0 Å². The summed E-state index contributed by atoms with van der Waals surface area (Å²) in [4.78, 5) is 73.0. The van der Waals surface area contributed by atoms with Gasteiger partial charge in [0.15, 0.2) is 0 Å². The van der Waals surface area contributed by atoms with Crippen LogP contribution in [0.5, 0.6) is 5.75 Å². The summed E-state index contributed by atoms with van der Waals surface area (Å²) in [5, 5.41) is 4.69. The third-order valence-corrected chi connectivity index (χ3v) is 13.4. The average molecular weight is 883 g/mol. The molecule has 3 aliphatic rings. The van der Waals surface area contributed by atoms with Crippen molar-refractivity contribution < 1.29 is 38.1 Å². The molecule has 4 aromatic carbocycles. The molecule has 0 bridgehead atoms. The molecule has 2 saturated heterocycles. The molecule has 5 N–H and O–H groups in total. The fourth-order valence-electron chi connectivity index (χ4n) is 9.88. The Hall–Kier alpha value is -6.94. The van der Waals surface area contributed by atoms with Gasteiger partial charge in [-0.15, -0.1) is 0 Å². The van der Waals surface area contributed by atoms with Crippen LogP contribution in [-0.2, 0) is 30.4 Å². The number of rotatable bonds is 12. The predicted molar refractivity (Wildman–Crippen MR) is 242 cm³/mol. The normalized spacial score (nSPS) is 20.4. The van der Waals surface area contributed by atoms with Crippen molar-refractivity contribution in [3.05, 3.63) is 102 Å². The van der Waals surface area contributed by atoms with Crippen LogP contribution in [0.1, 0.15) is 87.4 Å². The van der Waals surface area contributed by atoms with Crippen LogP contribution in [-0.4, -0.2) is 93.2 Å². The van der Waals surface area contributed by atoms with E-state index in [0.717, 1.165) is 68.3 Å². The molecular weight excluding hydrogens is 829 g/mol. The predicted octanol–water partition coefficient (Wildman–Crippen LogP) is 7.86. The Morgan fingerprint density at radius 1 is 0.954 bits per heavy atom. The van der Waals surface area contributed by atoms with Crippen LogP contribution in [0.15, 0.2) is 79.0 Å². The van der Waals surface area contributed by atoms with Crippen LogP contribution in [0.3, 0.4) is 0 Å². The smallest absolute Gasteiger partial charge is 0.407 e. The summed E-state index contributed by atoms with van der Waals surface area (Å²) < 4.78 is 22.2. The van der Waals surface area contributed by atoms with Crippen molar-refractivity contribution in [1.82, 2.24) is 35.1 Å². The van der Waals surface area contributed by atoms with E-state index in [2.05, 4.69) is 39.6 Å². The number of alkyl carbamates (subject to hydrolysis) is 1. The number of aromatic amines is 2. The van der Waals surface area contributed by atoms with E-state index in [1.165, 1.54) is 7.11 Å². The zero-order chi connectivity index (χ0) is 45.5. The molecule has 16 heteroatoms.